The molecule has 0 spiro atoms. The lowest BCUT2D eigenvalue weighted by Crippen LogP contribution is -2.32. The van der Waals surface area contributed by atoms with E-state index in [2.05, 4.69) is 5.32 Å². The van der Waals surface area contributed by atoms with Crippen molar-refractivity contribution in [2.75, 3.05) is 6.54 Å². The molecule has 1 aliphatic carbocycles. The van der Waals surface area contributed by atoms with Crippen molar-refractivity contribution in [1.29, 1.82) is 0 Å². The number of ether oxygens (including phenoxy) is 1. The quantitative estimate of drug-likeness (QED) is 0.420. The SMILES string of the molecule is CC.Cc1cccc2c(C(F)(F)F)c(OC3CCC(C(F)(F)F)CC3)ccc12.O=C1CCCCN1. The van der Waals surface area contributed by atoms with Gasteiger partial charge in [0.2, 0.25) is 5.91 Å². The van der Waals surface area contributed by atoms with Gasteiger partial charge in [0.15, 0.2) is 0 Å². The van der Waals surface area contributed by atoms with Crippen molar-refractivity contribution in [3.63, 3.8) is 0 Å². The van der Waals surface area contributed by atoms with Gasteiger partial charge in [0.1, 0.15) is 11.3 Å². The predicted molar refractivity (Wildman–Crippen MR) is 124 cm³/mol. The Morgan fingerprint density at radius 1 is 0.886 bits per heavy atom. The molecule has 0 bridgehead atoms. The first-order valence-electron chi connectivity index (χ1n) is 12.1. The summed E-state index contributed by atoms with van der Waals surface area (Å²) in [6, 6.07) is 7.50. The maximum Gasteiger partial charge on any atom is 0.420 e. The summed E-state index contributed by atoms with van der Waals surface area (Å²) in [5.74, 6) is -1.50. The van der Waals surface area contributed by atoms with Crippen LogP contribution in [0.4, 0.5) is 26.3 Å². The molecular weight excluding hydrogens is 472 g/mol. The average Bonchev–Trinajstić information content (AvgIpc) is 2.80. The summed E-state index contributed by atoms with van der Waals surface area (Å²) >= 11 is 0. The van der Waals surface area contributed by atoms with E-state index >= 15 is 0 Å². The van der Waals surface area contributed by atoms with E-state index in [-0.39, 0.29) is 42.7 Å². The van der Waals surface area contributed by atoms with E-state index in [1.807, 2.05) is 13.8 Å². The third-order valence-electron chi connectivity index (χ3n) is 6.11. The Hall–Kier alpha value is -2.45. The van der Waals surface area contributed by atoms with Crippen molar-refractivity contribution in [2.45, 2.75) is 84.2 Å². The summed E-state index contributed by atoms with van der Waals surface area (Å²) in [6.07, 6.45) is -6.62. The fourth-order valence-corrected chi connectivity index (χ4v) is 4.30. The molecule has 1 saturated heterocycles. The van der Waals surface area contributed by atoms with Crippen molar-refractivity contribution in [3.8, 4) is 5.75 Å². The number of carbonyl (C=O) groups is 1. The van der Waals surface area contributed by atoms with E-state index in [1.165, 1.54) is 12.1 Å². The second-order valence-electron chi connectivity index (χ2n) is 8.55. The summed E-state index contributed by atoms with van der Waals surface area (Å²) in [6.45, 7) is 6.61. The standard InChI is InChI=1S/C19H18F6O.C5H9NO.C2H6/c1-11-3-2-4-15-14(11)9-10-16(17(15)19(23,24)25)26-13-7-5-12(6-8-13)18(20,21)22;7-5-3-1-2-4-6-5;1-2/h2-4,9-10,12-13H,5-8H2,1H3;1-4H2,(H,6,7);1-2H3. The summed E-state index contributed by atoms with van der Waals surface area (Å²) in [4.78, 5) is 10.4. The normalized spacial score (nSPS) is 20.7. The summed E-state index contributed by atoms with van der Waals surface area (Å²) < 4.78 is 84.7. The van der Waals surface area contributed by atoms with Gasteiger partial charge in [-0.2, -0.15) is 26.3 Å². The van der Waals surface area contributed by atoms with Gasteiger partial charge in [0.05, 0.1) is 12.0 Å². The molecule has 35 heavy (non-hydrogen) atoms. The van der Waals surface area contributed by atoms with Crippen LogP contribution in [0.1, 0.15) is 69.9 Å². The van der Waals surface area contributed by atoms with Crippen LogP contribution in [0.3, 0.4) is 0 Å². The lowest BCUT2D eigenvalue weighted by molar-refractivity contribution is -0.185. The molecule has 1 saturated carbocycles. The summed E-state index contributed by atoms with van der Waals surface area (Å²) in [5.41, 5.74) is -0.151. The van der Waals surface area contributed by atoms with Gasteiger partial charge in [0, 0.05) is 13.0 Å². The molecule has 1 aliphatic heterocycles. The number of hydrogen-bond acceptors (Lipinski definition) is 2. The number of hydrogen-bond donors (Lipinski definition) is 1. The molecule has 3 nitrogen and oxygen atoms in total. The molecular formula is C26H33F6NO2. The van der Waals surface area contributed by atoms with Gasteiger partial charge in [-0.3, -0.25) is 4.79 Å². The topological polar surface area (TPSA) is 38.3 Å². The van der Waals surface area contributed by atoms with Crippen LogP contribution in [0.2, 0.25) is 0 Å². The number of alkyl halides is 6. The van der Waals surface area contributed by atoms with E-state index in [0.29, 0.717) is 10.9 Å². The minimum Gasteiger partial charge on any atom is -0.490 e. The van der Waals surface area contributed by atoms with Gasteiger partial charge < -0.3 is 10.1 Å². The molecule has 9 heteroatoms. The first kappa shape index (κ1) is 28.8. The predicted octanol–water partition coefficient (Wildman–Crippen LogP) is 7.98. The Morgan fingerprint density at radius 3 is 2.03 bits per heavy atom. The number of halogens is 6. The highest BCUT2D eigenvalue weighted by molar-refractivity contribution is 5.90. The highest BCUT2D eigenvalue weighted by Crippen LogP contribution is 2.44. The van der Waals surface area contributed by atoms with Crippen LogP contribution < -0.4 is 10.1 Å². The Balaban J connectivity index is 0.000000407. The van der Waals surface area contributed by atoms with Gasteiger partial charge >= 0.3 is 12.4 Å². The number of rotatable bonds is 2. The molecule has 2 fully saturated rings. The number of nitrogens with one attached hydrogen (secondary N) is 1. The molecule has 0 aromatic heterocycles. The Labute approximate surface area is 202 Å². The van der Waals surface area contributed by atoms with Crippen LogP contribution in [0.5, 0.6) is 5.75 Å². The molecule has 2 aromatic rings. The molecule has 1 N–H and O–H groups in total. The fraction of sp³-hybridized carbons (Fsp3) is 0.577. The van der Waals surface area contributed by atoms with E-state index in [9.17, 15) is 31.1 Å². The maximum atomic E-state index is 13.7. The van der Waals surface area contributed by atoms with Crippen molar-refractivity contribution < 1.29 is 35.9 Å². The molecule has 2 aliphatic rings. The minimum atomic E-state index is -4.62. The highest BCUT2D eigenvalue weighted by atomic mass is 19.4. The zero-order valence-corrected chi connectivity index (χ0v) is 20.3. The average molecular weight is 506 g/mol. The first-order valence-corrected chi connectivity index (χ1v) is 12.1. The van der Waals surface area contributed by atoms with Crippen molar-refractivity contribution in [1.82, 2.24) is 5.32 Å². The Bertz CT molecular complexity index is 955. The minimum absolute atomic E-state index is 0.0407. The lowest BCUT2D eigenvalue weighted by Gasteiger charge is -2.31. The fourth-order valence-electron chi connectivity index (χ4n) is 4.30. The van der Waals surface area contributed by atoms with E-state index in [0.717, 1.165) is 25.8 Å². The van der Waals surface area contributed by atoms with Crippen LogP contribution in [-0.2, 0) is 11.0 Å². The van der Waals surface area contributed by atoms with Crippen molar-refractivity contribution >= 4 is 16.7 Å². The van der Waals surface area contributed by atoms with Crippen molar-refractivity contribution in [2.24, 2.45) is 5.92 Å². The Kier molecular flexibility index (Phi) is 10.3. The molecule has 4 rings (SSSR count). The van der Waals surface area contributed by atoms with E-state index in [1.54, 1.807) is 25.1 Å². The lowest BCUT2D eigenvalue weighted by atomic mass is 9.87. The van der Waals surface area contributed by atoms with Crippen LogP contribution in [0, 0.1) is 12.8 Å². The molecule has 0 atom stereocenters. The second-order valence-corrected chi connectivity index (χ2v) is 8.55. The molecule has 1 heterocycles. The smallest absolute Gasteiger partial charge is 0.420 e. The Morgan fingerprint density at radius 2 is 1.54 bits per heavy atom. The van der Waals surface area contributed by atoms with Gasteiger partial charge in [-0.25, -0.2) is 0 Å². The third kappa shape index (κ3) is 8.04. The maximum absolute atomic E-state index is 13.7. The third-order valence-corrected chi connectivity index (χ3v) is 6.11. The highest BCUT2D eigenvalue weighted by Gasteiger charge is 2.42. The zero-order valence-electron chi connectivity index (χ0n) is 20.3. The van der Waals surface area contributed by atoms with Gasteiger partial charge in [-0.15, -0.1) is 0 Å². The number of amides is 1. The monoisotopic (exact) mass is 505 g/mol. The number of aryl methyl sites for hydroxylation is 1. The number of piperidine rings is 1. The van der Waals surface area contributed by atoms with Gasteiger partial charge in [-0.05, 0) is 67.9 Å². The number of carbonyl (C=O) groups excluding carboxylic acids is 1. The molecule has 1 amide bonds. The van der Waals surface area contributed by atoms with E-state index < -0.39 is 29.9 Å². The summed E-state index contributed by atoms with van der Waals surface area (Å²) in [7, 11) is 0. The largest absolute Gasteiger partial charge is 0.490 e. The van der Waals surface area contributed by atoms with Gasteiger partial charge in [-0.1, -0.05) is 38.1 Å². The molecule has 0 radical (unpaired) electrons. The van der Waals surface area contributed by atoms with Crippen LogP contribution in [-0.4, -0.2) is 24.7 Å². The van der Waals surface area contributed by atoms with Crippen LogP contribution >= 0.6 is 0 Å². The van der Waals surface area contributed by atoms with E-state index in [4.69, 9.17) is 4.74 Å². The van der Waals surface area contributed by atoms with Crippen molar-refractivity contribution in [3.05, 3.63) is 41.5 Å². The van der Waals surface area contributed by atoms with Crippen LogP contribution in [0.25, 0.3) is 10.8 Å². The zero-order chi connectivity index (χ0) is 26.2. The van der Waals surface area contributed by atoms with Gasteiger partial charge in [0.25, 0.3) is 0 Å². The number of benzene rings is 2. The molecule has 2 aromatic carbocycles. The molecule has 0 unspecified atom stereocenters. The summed E-state index contributed by atoms with van der Waals surface area (Å²) in [5, 5.41) is 3.26. The second kappa shape index (κ2) is 12.5. The molecule has 196 valence electrons. The number of fused-ring (bicyclic) bond motifs is 1. The van der Waals surface area contributed by atoms with Crippen LogP contribution in [0.15, 0.2) is 30.3 Å². The first-order chi connectivity index (χ1) is 16.5.